The Balaban J connectivity index is 1.52. The molecule has 126 valence electrons. The standard InChI is InChI=1S/C17H21N5OS/c1-17(2,3)11-4-6-12(7-5-11)23-8-9-24-16-21-13-14(18)19-10-20-15(13)22-16/h4-7,10H,8-9H2,1-3H3,(H3,18,19,20,21,22). The van der Waals surface area contributed by atoms with Gasteiger partial charge in [0.15, 0.2) is 16.6 Å². The average Bonchev–Trinajstić information content (AvgIpc) is 2.96. The second kappa shape index (κ2) is 6.68. The number of nitrogens with zero attached hydrogens (tertiary/aromatic N) is 3. The summed E-state index contributed by atoms with van der Waals surface area (Å²) < 4.78 is 5.78. The molecule has 0 saturated heterocycles. The van der Waals surface area contributed by atoms with E-state index < -0.39 is 0 Å². The van der Waals surface area contributed by atoms with Gasteiger partial charge in [-0.1, -0.05) is 44.7 Å². The highest BCUT2D eigenvalue weighted by molar-refractivity contribution is 7.99. The van der Waals surface area contributed by atoms with Crippen LogP contribution < -0.4 is 10.5 Å². The summed E-state index contributed by atoms with van der Waals surface area (Å²) >= 11 is 1.57. The molecular formula is C17H21N5OS. The van der Waals surface area contributed by atoms with Crippen LogP contribution in [0.4, 0.5) is 5.82 Å². The molecule has 3 rings (SSSR count). The van der Waals surface area contributed by atoms with Gasteiger partial charge in [0.2, 0.25) is 0 Å². The van der Waals surface area contributed by atoms with Crippen molar-refractivity contribution in [2.24, 2.45) is 0 Å². The molecule has 0 fully saturated rings. The number of nitrogens with two attached hydrogens (primary N) is 1. The van der Waals surface area contributed by atoms with E-state index in [-0.39, 0.29) is 5.41 Å². The molecule has 3 aromatic rings. The molecule has 6 nitrogen and oxygen atoms in total. The summed E-state index contributed by atoms with van der Waals surface area (Å²) in [4.78, 5) is 15.5. The lowest BCUT2D eigenvalue weighted by molar-refractivity contribution is 0.343. The van der Waals surface area contributed by atoms with Gasteiger partial charge in [0, 0.05) is 5.75 Å². The molecule has 0 atom stereocenters. The molecule has 0 amide bonds. The van der Waals surface area contributed by atoms with E-state index in [1.54, 1.807) is 11.8 Å². The molecule has 0 bridgehead atoms. The van der Waals surface area contributed by atoms with Gasteiger partial charge in [-0.15, -0.1) is 0 Å². The number of fused-ring (bicyclic) bond motifs is 1. The first-order valence-electron chi connectivity index (χ1n) is 7.76. The molecule has 0 aliphatic heterocycles. The quantitative estimate of drug-likeness (QED) is 0.545. The van der Waals surface area contributed by atoms with Gasteiger partial charge < -0.3 is 15.5 Å². The fraction of sp³-hybridized carbons (Fsp3) is 0.353. The molecule has 0 radical (unpaired) electrons. The molecule has 0 saturated carbocycles. The largest absolute Gasteiger partial charge is 0.493 e. The Morgan fingerprint density at radius 1 is 1.17 bits per heavy atom. The maximum absolute atomic E-state index is 5.79. The summed E-state index contributed by atoms with van der Waals surface area (Å²) in [5.74, 6) is 2.06. The van der Waals surface area contributed by atoms with Crippen LogP contribution >= 0.6 is 11.8 Å². The predicted molar refractivity (Wildman–Crippen MR) is 97.5 cm³/mol. The van der Waals surface area contributed by atoms with E-state index in [1.807, 2.05) is 12.1 Å². The van der Waals surface area contributed by atoms with Crippen molar-refractivity contribution in [1.29, 1.82) is 0 Å². The molecule has 3 N–H and O–H groups in total. The van der Waals surface area contributed by atoms with Crippen molar-refractivity contribution in [3.63, 3.8) is 0 Å². The number of thioether (sulfide) groups is 1. The Morgan fingerprint density at radius 3 is 2.58 bits per heavy atom. The molecule has 0 spiro atoms. The highest BCUT2D eigenvalue weighted by Crippen LogP contribution is 2.25. The van der Waals surface area contributed by atoms with Crippen molar-refractivity contribution in [2.75, 3.05) is 18.1 Å². The molecule has 1 aromatic carbocycles. The number of anilines is 1. The summed E-state index contributed by atoms with van der Waals surface area (Å²) in [7, 11) is 0. The number of hydrogen-bond donors (Lipinski definition) is 2. The fourth-order valence-electron chi connectivity index (χ4n) is 2.24. The van der Waals surface area contributed by atoms with E-state index >= 15 is 0 Å². The van der Waals surface area contributed by atoms with Crippen molar-refractivity contribution in [2.45, 2.75) is 31.3 Å². The van der Waals surface area contributed by atoms with Gasteiger partial charge in [-0.2, -0.15) is 0 Å². The Morgan fingerprint density at radius 2 is 1.92 bits per heavy atom. The van der Waals surface area contributed by atoms with Gasteiger partial charge in [0.25, 0.3) is 0 Å². The molecule has 2 aromatic heterocycles. The first kappa shape index (κ1) is 16.6. The highest BCUT2D eigenvalue weighted by Gasteiger charge is 2.13. The second-order valence-corrected chi connectivity index (χ2v) is 7.55. The number of aromatic amines is 1. The topological polar surface area (TPSA) is 89.7 Å². The highest BCUT2D eigenvalue weighted by atomic mass is 32.2. The van der Waals surface area contributed by atoms with Crippen LogP contribution in [0.5, 0.6) is 5.75 Å². The maximum atomic E-state index is 5.79. The summed E-state index contributed by atoms with van der Waals surface area (Å²) in [6, 6.07) is 8.26. The Hall–Kier alpha value is -2.28. The first-order valence-corrected chi connectivity index (χ1v) is 8.74. The van der Waals surface area contributed by atoms with Crippen LogP contribution in [-0.4, -0.2) is 32.3 Å². The zero-order valence-corrected chi connectivity index (χ0v) is 14.9. The zero-order valence-electron chi connectivity index (χ0n) is 14.0. The maximum Gasteiger partial charge on any atom is 0.183 e. The third-order valence-corrected chi connectivity index (χ3v) is 4.44. The second-order valence-electron chi connectivity index (χ2n) is 6.47. The number of ether oxygens (including phenoxy) is 1. The number of benzene rings is 1. The molecular weight excluding hydrogens is 322 g/mol. The first-order chi connectivity index (χ1) is 11.4. The van der Waals surface area contributed by atoms with E-state index in [4.69, 9.17) is 10.5 Å². The SMILES string of the molecule is CC(C)(C)c1ccc(OCCSc2nc3ncnc(N)c3[nH]2)cc1. The number of H-pyrrole nitrogens is 1. The van der Waals surface area contributed by atoms with E-state index in [0.717, 1.165) is 16.7 Å². The molecule has 0 aliphatic rings. The third-order valence-electron chi connectivity index (χ3n) is 3.61. The van der Waals surface area contributed by atoms with E-state index in [1.165, 1.54) is 11.9 Å². The van der Waals surface area contributed by atoms with Crippen molar-refractivity contribution in [3.8, 4) is 5.75 Å². The minimum absolute atomic E-state index is 0.153. The minimum Gasteiger partial charge on any atom is -0.493 e. The van der Waals surface area contributed by atoms with Crippen LogP contribution in [-0.2, 0) is 5.41 Å². The summed E-state index contributed by atoms with van der Waals surface area (Å²) in [6.07, 6.45) is 1.41. The van der Waals surface area contributed by atoms with Gasteiger partial charge in [-0.3, -0.25) is 0 Å². The third kappa shape index (κ3) is 3.79. The lowest BCUT2D eigenvalue weighted by atomic mass is 9.87. The predicted octanol–water partition coefficient (Wildman–Crippen LogP) is 3.40. The van der Waals surface area contributed by atoms with Gasteiger partial charge in [0.1, 0.15) is 17.6 Å². The minimum atomic E-state index is 0.153. The molecule has 0 aliphatic carbocycles. The lowest BCUT2D eigenvalue weighted by Crippen LogP contribution is -2.10. The van der Waals surface area contributed by atoms with Crippen LogP contribution in [0.1, 0.15) is 26.3 Å². The summed E-state index contributed by atoms with van der Waals surface area (Å²) in [5, 5.41) is 0.767. The van der Waals surface area contributed by atoms with Crippen LogP contribution in [0, 0.1) is 0 Å². The smallest absolute Gasteiger partial charge is 0.183 e. The van der Waals surface area contributed by atoms with Crippen LogP contribution in [0.2, 0.25) is 0 Å². The van der Waals surface area contributed by atoms with Crippen LogP contribution in [0.25, 0.3) is 11.2 Å². The van der Waals surface area contributed by atoms with Crippen molar-refractivity contribution in [3.05, 3.63) is 36.2 Å². The number of nitrogen functional groups attached to an aromatic ring is 1. The molecule has 7 heteroatoms. The van der Waals surface area contributed by atoms with Gasteiger partial charge in [0.05, 0.1) is 6.61 Å². The number of hydrogen-bond acceptors (Lipinski definition) is 6. The number of rotatable bonds is 5. The van der Waals surface area contributed by atoms with Crippen molar-refractivity contribution < 1.29 is 4.74 Å². The Bertz CT molecular complexity index is 823. The molecule has 2 heterocycles. The van der Waals surface area contributed by atoms with Gasteiger partial charge in [-0.25, -0.2) is 15.0 Å². The van der Waals surface area contributed by atoms with Crippen LogP contribution in [0.15, 0.2) is 35.7 Å². The van der Waals surface area contributed by atoms with E-state index in [9.17, 15) is 0 Å². The van der Waals surface area contributed by atoms with Crippen molar-refractivity contribution >= 4 is 28.7 Å². The zero-order chi connectivity index (χ0) is 17.2. The van der Waals surface area contributed by atoms with Gasteiger partial charge >= 0.3 is 0 Å². The van der Waals surface area contributed by atoms with E-state index in [0.29, 0.717) is 23.6 Å². The Labute approximate surface area is 145 Å². The summed E-state index contributed by atoms with van der Waals surface area (Å²) in [6.45, 7) is 7.19. The molecule has 24 heavy (non-hydrogen) atoms. The fourth-order valence-corrected chi connectivity index (χ4v) is 2.93. The molecule has 0 unspecified atom stereocenters. The summed E-state index contributed by atoms with van der Waals surface area (Å²) in [5.41, 5.74) is 8.50. The number of imidazole rings is 1. The van der Waals surface area contributed by atoms with Crippen LogP contribution in [0.3, 0.4) is 0 Å². The number of aromatic nitrogens is 4. The van der Waals surface area contributed by atoms with Crippen molar-refractivity contribution in [1.82, 2.24) is 19.9 Å². The average molecular weight is 343 g/mol. The monoisotopic (exact) mass is 343 g/mol. The van der Waals surface area contributed by atoms with E-state index in [2.05, 4.69) is 52.8 Å². The Kier molecular flexibility index (Phi) is 4.62. The normalized spacial score (nSPS) is 11.8. The van der Waals surface area contributed by atoms with Gasteiger partial charge in [-0.05, 0) is 23.1 Å². The number of nitrogens with one attached hydrogen (secondary N) is 1. The lowest BCUT2D eigenvalue weighted by Gasteiger charge is -2.19.